The number of rotatable bonds is 19. The number of hydrogen-bond donors (Lipinski definition) is 1. The second-order valence-electron chi connectivity index (χ2n) is 9.64. The maximum atomic E-state index is 14.5. The van der Waals surface area contributed by atoms with Crippen molar-refractivity contribution in [3.8, 4) is 0 Å². The lowest BCUT2D eigenvalue weighted by Gasteiger charge is -2.46. The van der Waals surface area contributed by atoms with E-state index in [-0.39, 0.29) is 24.9 Å². The Hall–Kier alpha value is -1.09. The first-order valence-corrected chi connectivity index (χ1v) is 14.1. The fraction of sp³-hybridized carbons (Fsp3) is 0.793. The second kappa shape index (κ2) is 18.2. The summed E-state index contributed by atoms with van der Waals surface area (Å²) >= 11 is 0. The summed E-state index contributed by atoms with van der Waals surface area (Å²) < 4.78 is 46.4. The average molecular weight is 513 g/mol. The van der Waals surface area contributed by atoms with Crippen LogP contribution in [0.1, 0.15) is 96.3 Å². The highest BCUT2D eigenvalue weighted by Crippen LogP contribution is 2.38. The van der Waals surface area contributed by atoms with Crippen LogP contribution in [0.3, 0.4) is 0 Å². The fourth-order valence-electron chi connectivity index (χ4n) is 4.36. The molecule has 0 aliphatic carbocycles. The molecule has 36 heavy (non-hydrogen) atoms. The SMILES string of the molecule is CCCCOC[C@H]1O[C@@H](c2cc(F)cc(CO)c2)[C@H](OCCCC)[C@@H](OCCCC)[C@@H]1OCCCC. The molecule has 1 saturated heterocycles. The molecule has 0 bridgehead atoms. The molecule has 0 saturated carbocycles. The number of hydrogen-bond acceptors (Lipinski definition) is 6. The summed E-state index contributed by atoms with van der Waals surface area (Å²) in [5, 5.41) is 9.70. The molecular weight excluding hydrogens is 463 g/mol. The van der Waals surface area contributed by atoms with Gasteiger partial charge < -0.3 is 28.8 Å². The lowest BCUT2D eigenvalue weighted by Crippen LogP contribution is -2.58. The van der Waals surface area contributed by atoms with E-state index in [0.717, 1.165) is 51.4 Å². The summed E-state index contributed by atoms with van der Waals surface area (Å²) in [7, 11) is 0. The first kappa shape index (κ1) is 31.1. The summed E-state index contributed by atoms with van der Waals surface area (Å²) in [4.78, 5) is 0. The Balaban J connectivity index is 2.43. The number of benzene rings is 1. The van der Waals surface area contributed by atoms with Gasteiger partial charge in [0.05, 0.1) is 13.2 Å². The van der Waals surface area contributed by atoms with E-state index in [0.29, 0.717) is 44.2 Å². The molecule has 1 aliphatic rings. The average Bonchev–Trinajstić information content (AvgIpc) is 2.88. The molecule has 7 heteroatoms. The smallest absolute Gasteiger partial charge is 0.123 e. The maximum Gasteiger partial charge on any atom is 0.123 e. The van der Waals surface area contributed by atoms with Crippen LogP contribution in [0.15, 0.2) is 18.2 Å². The Morgan fingerprint density at radius 1 is 0.750 bits per heavy atom. The highest BCUT2D eigenvalue weighted by atomic mass is 19.1. The number of halogens is 1. The molecule has 6 nitrogen and oxygen atoms in total. The van der Waals surface area contributed by atoms with Crippen LogP contribution in [0.2, 0.25) is 0 Å². The Morgan fingerprint density at radius 3 is 1.89 bits per heavy atom. The molecule has 2 rings (SSSR count). The van der Waals surface area contributed by atoms with E-state index in [1.807, 2.05) is 0 Å². The van der Waals surface area contributed by atoms with Gasteiger partial charge in [-0.3, -0.25) is 0 Å². The Kier molecular flexibility index (Phi) is 15.7. The molecule has 1 fully saturated rings. The van der Waals surface area contributed by atoms with Gasteiger partial charge in [-0.1, -0.05) is 59.4 Å². The molecule has 0 radical (unpaired) electrons. The van der Waals surface area contributed by atoms with Gasteiger partial charge in [0.15, 0.2) is 0 Å². The summed E-state index contributed by atoms with van der Waals surface area (Å²) in [5.74, 6) is -0.409. The fourth-order valence-corrected chi connectivity index (χ4v) is 4.36. The summed E-state index contributed by atoms with van der Waals surface area (Å²) in [6.45, 7) is 11.0. The second-order valence-corrected chi connectivity index (χ2v) is 9.64. The van der Waals surface area contributed by atoms with Gasteiger partial charge in [-0.2, -0.15) is 0 Å². The van der Waals surface area contributed by atoms with Gasteiger partial charge in [-0.05, 0) is 48.9 Å². The molecule has 5 atom stereocenters. The number of aliphatic hydroxyl groups excluding tert-OH is 1. The van der Waals surface area contributed by atoms with Crippen LogP contribution in [-0.4, -0.2) is 62.6 Å². The molecular formula is C29H49FO6. The minimum atomic E-state index is -0.569. The molecule has 0 amide bonds. The minimum Gasteiger partial charge on any atom is -0.392 e. The van der Waals surface area contributed by atoms with E-state index < -0.39 is 18.0 Å². The van der Waals surface area contributed by atoms with Crippen LogP contribution in [0, 0.1) is 5.82 Å². The van der Waals surface area contributed by atoms with Gasteiger partial charge in [0.25, 0.3) is 0 Å². The normalized spacial score (nSPS) is 24.3. The molecule has 0 spiro atoms. The molecule has 1 N–H and O–H groups in total. The van der Waals surface area contributed by atoms with Crippen LogP contribution in [0.4, 0.5) is 4.39 Å². The van der Waals surface area contributed by atoms with E-state index in [9.17, 15) is 9.50 Å². The van der Waals surface area contributed by atoms with E-state index in [4.69, 9.17) is 23.7 Å². The van der Waals surface area contributed by atoms with E-state index in [2.05, 4.69) is 27.7 Å². The van der Waals surface area contributed by atoms with Crippen LogP contribution in [0.5, 0.6) is 0 Å². The molecule has 208 valence electrons. The van der Waals surface area contributed by atoms with Crippen molar-refractivity contribution in [2.45, 2.75) is 116 Å². The molecule has 1 aromatic carbocycles. The molecule has 0 unspecified atom stereocenters. The first-order valence-electron chi connectivity index (χ1n) is 14.1. The zero-order valence-corrected chi connectivity index (χ0v) is 22.9. The Bertz CT molecular complexity index is 702. The number of aliphatic hydroxyl groups is 1. The lowest BCUT2D eigenvalue weighted by atomic mass is 9.89. The predicted octanol–water partition coefficient (Wildman–Crippen LogP) is 6.13. The summed E-state index contributed by atoms with van der Waals surface area (Å²) in [6, 6.07) is 4.60. The van der Waals surface area contributed by atoms with Crippen LogP contribution in [-0.2, 0) is 30.3 Å². The van der Waals surface area contributed by atoms with Crippen molar-refractivity contribution in [2.75, 3.05) is 33.0 Å². The summed E-state index contributed by atoms with van der Waals surface area (Å²) in [6.07, 6.45) is 5.67. The van der Waals surface area contributed by atoms with Crippen molar-refractivity contribution in [1.82, 2.24) is 0 Å². The highest BCUT2D eigenvalue weighted by molar-refractivity contribution is 5.28. The third kappa shape index (κ3) is 9.99. The van der Waals surface area contributed by atoms with Gasteiger partial charge in [0.2, 0.25) is 0 Å². The largest absolute Gasteiger partial charge is 0.392 e. The lowest BCUT2D eigenvalue weighted by molar-refractivity contribution is -0.268. The van der Waals surface area contributed by atoms with Gasteiger partial charge in [0, 0.05) is 26.4 Å². The van der Waals surface area contributed by atoms with Crippen LogP contribution in [0.25, 0.3) is 0 Å². The first-order chi connectivity index (χ1) is 17.6. The maximum absolute atomic E-state index is 14.5. The Labute approximate surface area is 217 Å². The zero-order valence-electron chi connectivity index (χ0n) is 22.9. The summed E-state index contributed by atoms with van der Waals surface area (Å²) in [5.41, 5.74) is 1.14. The van der Waals surface area contributed by atoms with Crippen molar-refractivity contribution in [1.29, 1.82) is 0 Å². The predicted molar refractivity (Wildman–Crippen MR) is 140 cm³/mol. The van der Waals surface area contributed by atoms with Gasteiger partial charge in [-0.25, -0.2) is 4.39 Å². The minimum absolute atomic E-state index is 0.248. The van der Waals surface area contributed by atoms with Crippen molar-refractivity contribution >= 4 is 0 Å². The van der Waals surface area contributed by atoms with E-state index in [1.165, 1.54) is 12.1 Å². The molecule has 0 aromatic heterocycles. The van der Waals surface area contributed by atoms with Gasteiger partial charge in [0.1, 0.15) is 36.3 Å². The Morgan fingerprint density at radius 2 is 1.31 bits per heavy atom. The quantitative estimate of drug-likeness (QED) is 0.225. The van der Waals surface area contributed by atoms with Gasteiger partial charge >= 0.3 is 0 Å². The van der Waals surface area contributed by atoms with Crippen molar-refractivity contribution in [3.05, 3.63) is 35.1 Å². The van der Waals surface area contributed by atoms with E-state index in [1.54, 1.807) is 6.07 Å². The van der Waals surface area contributed by atoms with E-state index >= 15 is 0 Å². The van der Waals surface area contributed by atoms with Crippen molar-refractivity contribution < 1.29 is 33.2 Å². The zero-order chi connectivity index (χ0) is 26.2. The highest BCUT2D eigenvalue weighted by Gasteiger charge is 2.48. The number of unbranched alkanes of at least 4 members (excludes halogenated alkanes) is 4. The van der Waals surface area contributed by atoms with Crippen molar-refractivity contribution in [3.63, 3.8) is 0 Å². The standard InChI is InChI=1S/C29H49FO6/c1-5-9-13-32-21-25-27(33-14-10-6-2)29(35-16-12-8-4)28(34-15-11-7-3)26(36-25)23-17-22(20-31)18-24(30)19-23/h17-19,25-29,31H,5-16,20-21H2,1-4H3/t25-,26+,27-,28+,29+/m1/s1. The third-order valence-corrected chi connectivity index (χ3v) is 6.47. The molecule has 1 heterocycles. The monoisotopic (exact) mass is 512 g/mol. The molecule has 1 aromatic rings. The van der Waals surface area contributed by atoms with Gasteiger partial charge in [-0.15, -0.1) is 0 Å². The van der Waals surface area contributed by atoms with Crippen LogP contribution < -0.4 is 0 Å². The topological polar surface area (TPSA) is 66.4 Å². The van der Waals surface area contributed by atoms with Crippen molar-refractivity contribution in [2.24, 2.45) is 0 Å². The third-order valence-electron chi connectivity index (χ3n) is 6.47. The molecule has 1 aliphatic heterocycles. The number of ether oxygens (including phenoxy) is 5. The van der Waals surface area contributed by atoms with Crippen LogP contribution >= 0.6 is 0 Å².